The van der Waals surface area contributed by atoms with Crippen LogP contribution in [0.1, 0.15) is 138 Å². The molecule has 86 heavy (non-hydrogen) atoms. The summed E-state index contributed by atoms with van der Waals surface area (Å²) in [6, 6.07) is 14.6. The van der Waals surface area contributed by atoms with Crippen LogP contribution in [0.4, 0.5) is 15.9 Å². The zero-order valence-electron chi connectivity index (χ0n) is 51.3. The Hall–Kier alpha value is -6.52. The summed E-state index contributed by atoms with van der Waals surface area (Å²) < 4.78 is 36.2. The van der Waals surface area contributed by atoms with Crippen LogP contribution in [0.2, 0.25) is 16.6 Å². The number of piperazine rings is 1. The van der Waals surface area contributed by atoms with Crippen molar-refractivity contribution in [3.8, 4) is 34.5 Å². The molecule has 3 atom stereocenters. The Bertz CT molecular complexity index is 3520. The second kappa shape index (κ2) is 23.2. The van der Waals surface area contributed by atoms with Crippen LogP contribution in [0.5, 0.6) is 11.8 Å². The highest BCUT2D eigenvalue weighted by Gasteiger charge is 2.50. The Morgan fingerprint density at radius 1 is 0.779 bits per heavy atom. The number of amides is 4. The molecule has 7 fully saturated rings. The van der Waals surface area contributed by atoms with Gasteiger partial charge in [-0.05, 0) is 159 Å². The van der Waals surface area contributed by atoms with Gasteiger partial charge in [-0.3, -0.25) is 39.3 Å². The number of piperidine rings is 3. The van der Waals surface area contributed by atoms with Crippen molar-refractivity contribution in [3.05, 3.63) is 77.2 Å². The number of benzene rings is 3. The molecule has 7 heterocycles. The number of carbonyl (C=O) groups is 4. The molecule has 4 saturated heterocycles. The number of halogens is 1. The number of hydrogen-bond donors (Lipinski definition) is 1. The van der Waals surface area contributed by atoms with Crippen LogP contribution >= 0.6 is 0 Å². The predicted molar refractivity (Wildman–Crippen MR) is 333 cm³/mol. The van der Waals surface area contributed by atoms with Gasteiger partial charge in [0.25, 0.3) is 11.8 Å². The number of fused-ring (bicyclic) bond motifs is 5. The first-order chi connectivity index (χ1) is 41.4. The third-order valence-corrected chi connectivity index (χ3v) is 27.7. The van der Waals surface area contributed by atoms with Crippen LogP contribution in [0.25, 0.3) is 32.9 Å². The molecule has 5 aliphatic heterocycles. The van der Waals surface area contributed by atoms with Crippen molar-refractivity contribution in [1.29, 1.82) is 0 Å². The number of ether oxygens (including phenoxy) is 3. The van der Waals surface area contributed by atoms with Gasteiger partial charge < -0.3 is 28.9 Å². The van der Waals surface area contributed by atoms with Crippen molar-refractivity contribution < 1.29 is 37.8 Å². The van der Waals surface area contributed by atoms with Crippen LogP contribution in [0, 0.1) is 45.9 Å². The lowest BCUT2D eigenvalue weighted by Gasteiger charge is -2.54. The second-order valence-corrected chi connectivity index (χ2v) is 33.4. The first-order valence-electron chi connectivity index (χ1n) is 31.9. The summed E-state index contributed by atoms with van der Waals surface area (Å²) in [7, 11) is -0.532. The Morgan fingerprint density at radius 3 is 2.19 bits per heavy atom. The van der Waals surface area contributed by atoms with Crippen LogP contribution in [0.15, 0.2) is 54.7 Å². The van der Waals surface area contributed by atoms with Gasteiger partial charge in [-0.2, -0.15) is 9.97 Å². The van der Waals surface area contributed by atoms with Crippen LogP contribution in [-0.4, -0.2) is 153 Å². The highest BCUT2D eigenvalue weighted by Crippen LogP contribution is 2.54. The monoisotopic (exact) mass is 1190 g/mol. The number of anilines is 2. The van der Waals surface area contributed by atoms with E-state index in [-0.39, 0.29) is 48.2 Å². The Morgan fingerprint density at radius 2 is 1.50 bits per heavy atom. The van der Waals surface area contributed by atoms with E-state index in [1.807, 2.05) is 30.3 Å². The molecule has 454 valence electrons. The molecule has 3 saturated carbocycles. The third-order valence-electron chi connectivity index (χ3n) is 21.4. The quantitative estimate of drug-likeness (QED) is 0.0405. The van der Waals surface area contributed by atoms with Crippen molar-refractivity contribution in [2.75, 3.05) is 95.8 Å². The largest absolute Gasteiger partial charge is 0.468 e. The molecule has 16 nitrogen and oxygen atoms in total. The maximum Gasteiger partial charge on any atom is 0.319 e. The number of nitrogens with zero attached hydrogens (tertiary/aromatic N) is 8. The summed E-state index contributed by atoms with van der Waals surface area (Å²) in [6.45, 7) is 23.9. The van der Waals surface area contributed by atoms with Crippen LogP contribution in [0.3, 0.4) is 0 Å². The van der Waals surface area contributed by atoms with Crippen molar-refractivity contribution in [2.45, 2.75) is 135 Å². The van der Waals surface area contributed by atoms with Crippen LogP contribution < -0.4 is 24.6 Å². The molecule has 1 spiro atoms. The zero-order chi connectivity index (χ0) is 59.8. The second-order valence-electron chi connectivity index (χ2n) is 27.8. The lowest BCUT2D eigenvalue weighted by atomic mass is 9.57. The molecule has 3 aromatic carbocycles. The number of aromatic nitrogens is 3. The molecule has 3 aliphatic carbocycles. The fourth-order valence-corrected chi connectivity index (χ4v) is 21.9. The molecular formula is C68H84FN9O7Si. The fraction of sp³-hybridized carbons (Fsp3) is 0.574. The van der Waals surface area contributed by atoms with Crippen molar-refractivity contribution in [2.24, 2.45) is 28.6 Å². The van der Waals surface area contributed by atoms with Crippen molar-refractivity contribution >= 4 is 64.9 Å². The summed E-state index contributed by atoms with van der Waals surface area (Å²) in [4.78, 5) is 77.2. The molecular weight excluding hydrogens is 1100 g/mol. The van der Waals surface area contributed by atoms with Gasteiger partial charge in [0.05, 0.1) is 23.1 Å². The van der Waals surface area contributed by atoms with Gasteiger partial charge in [-0.25, -0.2) is 4.39 Å². The van der Waals surface area contributed by atoms with Gasteiger partial charge in [-0.15, -0.1) is 5.54 Å². The topological polar surface area (TPSA) is 163 Å². The van der Waals surface area contributed by atoms with E-state index in [2.05, 4.69) is 84.0 Å². The van der Waals surface area contributed by atoms with E-state index in [0.717, 1.165) is 105 Å². The van der Waals surface area contributed by atoms with Crippen molar-refractivity contribution in [3.63, 3.8) is 0 Å². The number of hydrogen-bond acceptors (Lipinski definition) is 14. The molecule has 5 aromatic rings. The molecule has 8 aliphatic rings. The predicted octanol–water partition coefficient (Wildman–Crippen LogP) is 10.6. The van der Waals surface area contributed by atoms with Crippen LogP contribution in [-0.2, 0) is 14.3 Å². The number of pyridine rings is 1. The summed E-state index contributed by atoms with van der Waals surface area (Å²) in [6.07, 6.45) is 12.7. The van der Waals surface area contributed by atoms with Gasteiger partial charge in [0.15, 0.2) is 12.6 Å². The Balaban J connectivity index is 0.668. The summed E-state index contributed by atoms with van der Waals surface area (Å²) in [5.41, 5.74) is 9.05. The van der Waals surface area contributed by atoms with E-state index in [1.54, 1.807) is 25.4 Å². The van der Waals surface area contributed by atoms with E-state index < -0.39 is 37.7 Å². The first kappa shape index (κ1) is 58.5. The molecule has 0 radical (unpaired) electrons. The van der Waals surface area contributed by atoms with Gasteiger partial charge in [0, 0.05) is 99.7 Å². The molecule has 13 rings (SSSR count). The summed E-state index contributed by atoms with van der Waals surface area (Å²) >= 11 is 0. The molecule has 2 bridgehead atoms. The first-order valence-corrected chi connectivity index (χ1v) is 34.2. The average molecular weight is 1190 g/mol. The molecule has 4 amide bonds. The number of carbonyl (C=O) groups excluding carboxylic acids is 4. The highest BCUT2D eigenvalue weighted by molar-refractivity contribution is 6.90. The van der Waals surface area contributed by atoms with Gasteiger partial charge >= 0.3 is 6.01 Å². The highest BCUT2D eigenvalue weighted by atomic mass is 28.3. The van der Waals surface area contributed by atoms with E-state index in [4.69, 9.17) is 29.2 Å². The minimum Gasteiger partial charge on any atom is -0.468 e. The maximum atomic E-state index is 18.0. The molecule has 3 unspecified atom stereocenters. The van der Waals surface area contributed by atoms with Gasteiger partial charge in [0.2, 0.25) is 11.8 Å². The number of imide groups is 2. The SMILES string of the molecule is COCOc1cc(-c2ncc3c(N4CC5CCC(C5)C4)nc(OCC4(CN5CCC6(CC5)CC(CN5CCN(c7ccc8c(c7)C(=O)N(C7CCC(=O)NC7=O)C8=O)CC5)C6)CC4)nc3c2F)c2c(C#C[Si](C(C)C)(C(C)C)C(C)C)cccc2c1. The lowest BCUT2D eigenvalue weighted by Crippen LogP contribution is -2.54. The van der Waals surface area contributed by atoms with E-state index >= 15 is 4.39 Å². The number of rotatable bonds is 17. The normalized spacial score (nSPS) is 23.2. The zero-order valence-corrected chi connectivity index (χ0v) is 52.3. The smallest absolute Gasteiger partial charge is 0.319 e. The minimum absolute atomic E-state index is 0.00248. The number of methoxy groups -OCH3 is 1. The summed E-state index contributed by atoms with van der Waals surface area (Å²) in [5, 5.41) is 4.57. The summed E-state index contributed by atoms with van der Waals surface area (Å²) in [5.74, 6) is 4.34. The number of likely N-dealkylation sites (tertiary alicyclic amines) is 1. The van der Waals surface area contributed by atoms with E-state index in [1.165, 1.54) is 44.9 Å². The number of nitrogens with one attached hydrogen (secondary N) is 1. The van der Waals surface area contributed by atoms with E-state index in [0.29, 0.717) is 80.0 Å². The average Bonchev–Trinajstić information content (AvgIpc) is 1.53. The maximum absolute atomic E-state index is 18.0. The van der Waals surface area contributed by atoms with Gasteiger partial charge in [-0.1, -0.05) is 59.6 Å². The van der Waals surface area contributed by atoms with Crippen molar-refractivity contribution in [1.82, 2.24) is 35.0 Å². The third kappa shape index (κ3) is 10.9. The molecule has 2 aromatic heterocycles. The lowest BCUT2D eigenvalue weighted by molar-refractivity contribution is -0.136. The standard InChI is InChI=1S/C68H84FN9O7Si/c1-42(2)86(43(3)4,44(5)6)28-17-48-9-8-10-49-30-51(85-41-83-7)32-54(58(48)49)60-59(69)61-55(35-70-60)62(77-37-45-11-12-46(29-45)38-77)73-66(72-61)84-40-68(18-19-68)39-75-22-20-67(21-23-75)33-47(34-67)36-74-24-26-76(27-25-74)50-13-14-52-53(31-50)65(82)78(64(52)81)56-15-16-57(79)71-63(56)80/h8-10,13-14,30-32,35,42-47,56H,11-12,15-16,18-27,29,33-34,36-41H2,1-7H3,(H,71,79,80). The fourth-order valence-electron chi connectivity index (χ4n) is 16.7. The Kier molecular flexibility index (Phi) is 15.8. The Labute approximate surface area is 506 Å². The van der Waals surface area contributed by atoms with Gasteiger partial charge in [0.1, 0.15) is 36.9 Å². The molecule has 1 N–H and O–H groups in total. The van der Waals surface area contributed by atoms with E-state index in [9.17, 15) is 19.2 Å². The minimum atomic E-state index is -2.12. The molecule has 18 heteroatoms.